The van der Waals surface area contributed by atoms with E-state index in [0.29, 0.717) is 21.7 Å². The van der Waals surface area contributed by atoms with Crippen LogP contribution in [0.2, 0.25) is 20.4 Å². The molecule has 0 fully saturated rings. The van der Waals surface area contributed by atoms with Gasteiger partial charge in [0.2, 0.25) is 0 Å². The number of rotatable bonds is 7. The van der Waals surface area contributed by atoms with E-state index in [1.54, 1.807) is 18.0 Å². The van der Waals surface area contributed by atoms with Crippen LogP contribution in [0.4, 0.5) is 0 Å². The Labute approximate surface area is 237 Å². The molecule has 9 heteroatoms. The predicted molar refractivity (Wildman–Crippen MR) is 152 cm³/mol. The third-order valence-corrected chi connectivity index (χ3v) is 5.95. The lowest BCUT2D eigenvalue weighted by atomic mass is 10.2. The molecule has 2 heterocycles. The van der Waals surface area contributed by atoms with Crippen LogP contribution in [0.5, 0.6) is 0 Å². The van der Waals surface area contributed by atoms with E-state index in [2.05, 4.69) is 27.0 Å². The molecule has 1 amide bonds. The summed E-state index contributed by atoms with van der Waals surface area (Å²) in [7, 11) is 3.76. The fourth-order valence-electron chi connectivity index (χ4n) is 3.52. The van der Waals surface area contributed by atoms with Crippen LogP contribution >= 0.6 is 46.4 Å². The molecular formula is C28H26Cl4N4O. The zero-order valence-corrected chi connectivity index (χ0v) is 23.4. The number of amides is 1. The van der Waals surface area contributed by atoms with Crippen molar-refractivity contribution in [3.63, 3.8) is 0 Å². The summed E-state index contributed by atoms with van der Waals surface area (Å²) >= 11 is 23.5. The van der Waals surface area contributed by atoms with Crippen LogP contribution < -0.4 is 0 Å². The van der Waals surface area contributed by atoms with Gasteiger partial charge in [-0.05, 0) is 42.4 Å². The van der Waals surface area contributed by atoms with Gasteiger partial charge in [-0.1, -0.05) is 107 Å². The van der Waals surface area contributed by atoms with Crippen LogP contribution in [0, 0.1) is 0 Å². The monoisotopic (exact) mass is 574 g/mol. The van der Waals surface area contributed by atoms with E-state index in [4.69, 9.17) is 46.4 Å². The van der Waals surface area contributed by atoms with Crippen LogP contribution in [0.15, 0.2) is 84.9 Å². The van der Waals surface area contributed by atoms with Crippen molar-refractivity contribution in [2.45, 2.75) is 19.6 Å². The Morgan fingerprint density at radius 1 is 0.676 bits per heavy atom. The highest BCUT2D eigenvalue weighted by Crippen LogP contribution is 2.18. The van der Waals surface area contributed by atoms with Gasteiger partial charge in [-0.25, -0.2) is 9.97 Å². The van der Waals surface area contributed by atoms with Crippen LogP contribution in [0.3, 0.4) is 0 Å². The van der Waals surface area contributed by atoms with Crippen LogP contribution in [-0.2, 0) is 19.6 Å². The first-order chi connectivity index (χ1) is 17.7. The second-order valence-corrected chi connectivity index (χ2v) is 10.0. The summed E-state index contributed by atoms with van der Waals surface area (Å²) in [5.41, 5.74) is 3.45. The van der Waals surface area contributed by atoms with Crippen molar-refractivity contribution in [2.24, 2.45) is 0 Å². The van der Waals surface area contributed by atoms with Crippen molar-refractivity contribution in [1.29, 1.82) is 0 Å². The van der Waals surface area contributed by atoms with Crippen molar-refractivity contribution < 1.29 is 4.79 Å². The highest BCUT2D eigenvalue weighted by molar-refractivity contribution is 6.34. The van der Waals surface area contributed by atoms with Gasteiger partial charge in [-0.2, -0.15) is 0 Å². The quantitative estimate of drug-likeness (QED) is 0.212. The van der Waals surface area contributed by atoms with Gasteiger partial charge in [0.05, 0.1) is 5.69 Å². The van der Waals surface area contributed by atoms with Gasteiger partial charge < -0.3 is 4.90 Å². The molecule has 5 nitrogen and oxygen atoms in total. The van der Waals surface area contributed by atoms with E-state index in [1.807, 2.05) is 61.6 Å². The molecule has 4 aromatic rings. The Hall–Kier alpha value is -2.67. The lowest BCUT2D eigenvalue weighted by molar-refractivity contribution is 0.0779. The Morgan fingerprint density at radius 3 is 1.73 bits per heavy atom. The van der Waals surface area contributed by atoms with Crippen LogP contribution in [-0.4, -0.2) is 39.8 Å². The molecule has 2 aromatic heterocycles. The molecular weight excluding hydrogens is 550 g/mol. The predicted octanol–water partition coefficient (Wildman–Crippen LogP) is 7.68. The highest BCUT2D eigenvalue weighted by Gasteiger charge is 2.15. The van der Waals surface area contributed by atoms with Gasteiger partial charge in [0.25, 0.3) is 5.91 Å². The van der Waals surface area contributed by atoms with Crippen LogP contribution in [0.25, 0.3) is 0 Å². The maximum absolute atomic E-state index is 12.2. The molecule has 0 spiro atoms. The smallest absolute Gasteiger partial charge is 0.272 e. The summed E-state index contributed by atoms with van der Waals surface area (Å²) in [4.78, 5) is 24.2. The van der Waals surface area contributed by atoms with Gasteiger partial charge in [-0.15, -0.1) is 0 Å². The topological polar surface area (TPSA) is 49.3 Å². The Bertz CT molecular complexity index is 1270. The van der Waals surface area contributed by atoms with E-state index < -0.39 is 0 Å². The summed E-state index contributed by atoms with van der Waals surface area (Å²) in [6, 6.07) is 26.5. The lowest BCUT2D eigenvalue weighted by Gasteiger charge is -2.17. The van der Waals surface area contributed by atoms with Crippen LogP contribution in [0.1, 0.15) is 27.3 Å². The molecule has 0 saturated carbocycles. The zero-order chi connectivity index (χ0) is 26.8. The summed E-state index contributed by atoms with van der Waals surface area (Å²) in [5.74, 6) is -0.215. The minimum atomic E-state index is -0.215. The standard InChI is InChI=1S/C14H12Cl2N2O.C14H14Cl2N2/c1-18(9-10-5-3-2-4-6-10)14(19)12-7-11(15)8-13(16)17-12;1-18(9-11-5-3-2-4-6-11)10-13-7-12(15)8-14(16)17-13/h2-8H,9H2,1H3;2-8H,9-10H2,1H3. The molecule has 37 heavy (non-hydrogen) atoms. The molecule has 0 aliphatic heterocycles. The number of pyridine rings is 2. The minimum Gasteiger partial charge on any atom is -0.336 e. The second-order valence-electron chi connectivity index (χ2n) is 8.40. The van der Waals surface area contributed by atoms with Gasteiger partial charge in [0.1, 0.15) is 16.0 Å². The summed E-state index contributed by atoms with van der Waals surface area (Å²) in [6.07, 6.45) is 0. The van der Waals surface area contributed by atoms with Gasteiger partial charge in [0, 0.05) is 36.7 Å². The Balaban J connectivity index is 0.000000206. The van der Waals surface area contributed by atoms with Gasteiger partial charge in [-0.3, -0.25) is 9.69 Å². The maximum Gasteiger partial charge on any atom is 0.272 e. The molecule has 2 aromatic carbocycles. The SMILES string of the molecule is CN(Cc1ccccc1)C(=O)c1cc(Cl)cc(Cl)n1.CN(Cc1ccccc1)Cc1cc(Cl)cc(Cl)n1. The fourth-order valence-corrected chi connectivity index (χ4v) is 4.51. The van der Waals surface area contributed by atoms with Crippen molar-refractivity contribution in [3.05, 3.63) is 128 Å². The lowest BCUT2D eigenvalue weighted by Crippen LogP contribution is -2.27. The van der Waals surface area contributed by atoms with Crippen molar-refractivity contribution in [3.8, 4) is 0 Å². The number of aromatic nitrogens is 2. The van der Waals surface area contributed by atoms with Crippen molar-refractivity contribution in [2.75, 3.05) is 14.1 Å². The largest absolute Gasteiger partial charge is 0.336 e. The van der Waals surface area contributed by atoms with Gasteiger partial charge in [0.15, 0.2) is 0 Å². The molecule has 0 N–H and O–H groups in total. The number of carbonyl (C=O) groups is 1. The van der Waals surface area contributed by atoms with E-state index in [0.717, 1.165) is 24.3 Å². The van der Waals surface area contributed by atoms with E-state index in [-0.39, 0.29) is 16.8 Å². The molecule has 0 unspecified atom stereocenters. The molecule has 0 radical (unpaired) electrons. The normalized spacial score (nSPS) is 10.6. The summed E-state index contributed by atoms with van der Waals surface area (Å²) < 4.78 is 0. The first-order valence-electron chi connectivity index (χ1n) is 11.4. The van der Waals surface area contributed by atoms with E-state index >= 15 is 0 Å². The van der Waals surface area contributed by atoms with Crippen molar-refractivity contribution in [1.82, 2.24) is 19.8 Å². The number of halogens is 4. The number of hydrogen-bond acceptors (Lipinski definition) is 4. The number of benzene rings is 2. The second kappa shape index (κ2) is 14.3. The molecule has 192 valence electrons. The summed E-state index contributed by atoms with van der Waals surface area (Å²) in [6.45, 7) is 2.09. The van der Waals surface area contributed by atoms with Crippen molar-refractivity contribution >= 4 is 52.3 Å². The zero-order valence-electron chi connectivity index (χ0n) is 20.4. The number of carbonyl (C=O) groups excluding carboxylic acids is 1. The first kappa shape index (κ1) is 28.9. The average Bonchev–Trinajstić information content (AvgIpc) is 2.84. The number of nitrogens with zero attached hydrogens (tertiary/aromatic N) is 4. The highest BCUT2D eigenvalue weighted by atomic mass is 35.5. The van der Waals surface area contributed by atoms with E-state index in [9.17, 15) is 4.79 Å². The molecule has 0 bridgehead atoms. The molecule has 0 saturated heterocycles. The number of hydrogen-bond donors (Lipinski definition) is 0. The molecule has 0 aliphatic carbocycles. The third-order valence-electron chi connectivity index (χ3n) is 5.13. The molecule has 0 atom stereocenters. The average molecular weight is 576 g/mol. The first-order valence-corrected chi connectivity index (χ1v) is 12.9. The maximum atomic E-state index is 12.2. The molecule has 0 aliphatic rings. The Kier molecular flexibility index (Phi) is 11.2. The Morgan fingerprint density at radius 2 is 1.19 bits per heavy atom. The molecule has 4 rings (SSSR count). The third kappa shape index (κ3) is 9.95. The van der Waals surface area contributed by atoms with Gasteiger partial charge >= 0.3 is 0 Å². The minimum absolute atomic E-state index is 0.212. The summed E-state index contributed by atoms with van der Waals surface area (Å²) in [5, 5.41) is 1.67. The fraction of sp³-hybridized carbons (Fsp3) is 0.179. The van der Waals surface area contributed by atoms with E-state index in [1.165, 1.54) is 17.7 Å².